The topological polar surface area (TPSA) is 43.1 Å². The first kappa shape index (κ1) is 12.6. The van der Waals surface area contributed by atoms with Crippen molar-refractivity contribution in [1.82, 2.24) is 0 Å². The van der Waals surface area contributed by atoms with Crippen molar-refractivity contribution >= 4 is 5.78 Å². The molecule has 0 aliphatic heterocycles. The van der Waals surface area contributed by atoms with Crippen LogP contribution in [0.1, 0.15) is 27.9 Å². The first-order chi connectivity index (χ1) is 7.47. The quantitative estimate of drug-likeness (QED) is 0.627. The fourth-order valence-corrected chi connectivity index (χ4v) is 1.70. The standard InChI is InChI=1S/C13H16FNO/c1-4-5-11(15)13(16)12-9(3)6-8(2)7-10(12)14/h4,6-7,11H,1,5,15H2,2-3H3. The van der Waals surface area contributed by atoms with Crippen molar-refractivity contribution in [3.8, 4) is 0 Å². The number of Topliss-reactive ketones (excluding diaryl/α,β-unsaturated/α-hetero) is 1. The maximum Gasteiger partial charge on any atom is 0.183 e. The van der Waals surface area contributed by atoms with Crippen LogP contribution in [0.2, 0.25) is 0 Å². The first-order valence-electron chi connectivity index (χ1n) is 5.14. The van der Waals surface area contributed by atoms with Gasteiger partial charge in [-0.25, -0.2) is 4.39 Å². The van der Waals surface area contributed by atoms with Crippen LogP contribution in [0.4, 0.5) is 4.39 Å². The van der Waals surface area contributed by atoms with Gasteiger partial charge in [0.2, 0.25) is 0 Å². The number of hydrogen-bond acceptors (Lipinski definition) is 2. The molecule has 0 aromatic heterocycles. The minimum Gasteiger partial charge on any atom is -0.321 e. The number of carbonyl (C=O) groups is 1. The Labute approximate surface area is 95.0 Å². The summed E-state index contributed by atoms with van der Waals surface area (Å²) in [4.78, 5) is 11.9. The summed E-state index contributed by atoms with van der Waals surface area (Å²) in [5.41, 5.74) is 7.17. The Hall–Kier alpha value is -1.48. The highest BCUT2D eigenvalue weighted by atomic mass is 19.1. The highest BCUT2D eigenvalue weighted by Crippen LogP contribution is 2.17. The average molecular weight is 221 g/mol. The zero-order valence-electron chi connectivity index (χ0n) is 9.59. The van der Waals surface area contributed by atoms with E-state index in [4.69, 9.17) is 5.73 Å². The van der Waals surface area contributed by atoms with Crippen LogP contribution >= 0.6 is 0 Å². The highest BCUT2D eigenvalue weighted by molar-refractivity contribution is 6.01. The second-order valence-corrected chi connectivity index (χ2v) is 3.93. The number of benzene rings is 1. The summed E-state index contributed by atoms with van der Waals surface area (Å²) in [6.45, 7) is 7.01. The average Bonchev–Trinajstić information content (AvgIpc) is 2.16. The Morgan fingerprint density at radius 2 is 2.19 bits per heavy atom. The van der Waals surface area contributed by atoms with E-state index in [9.17, 15) is 9.18 Å². The van der Waals surface area contributed by atoms with Gasteiger partial charge < -0.3 is 5.73 Å². The molecule has 0 aliphatic rings. The molecule has 16 heavy (non-hydrogen) atoms. The fourth-order valence-electron chi connectivity index (χ4n) is 1.70. The minimum atomic E-state index is -0.714. The van der Waals surface area contributed by atoms with Crippen LogP contribution in [0, 0.1) is 19.7 Å². The molecular weight excluding hydrogens is 205 g/mol. The number of halogens is 1. The fraction of sp³-hybridized carbons (Fsp3) is 0.308. The van der Waals surface area contributed by atoms with Crippen LogP contribution in [0.15, 0.2) is 24.8 Å². The summed E-state index contributed by atoms with van der Waals surface area (Å²) in [5.74, 6) is -0.864. The Bertz CT molecular complexity index is 403. The first-order valence-corrected chi connectivity index (χ1v) is 5.14. The van der Waals surface area contributed by atoms with Gasteiger partial charge in [-0.3, -0.25) is 4.79 Å². The monoisotopic (exact) mass is 221 g/mol. The van der Waals surface area contributed by atoms with E-state index in [0.717, 1.165) is 5.56 Å². The lowest BCUT2D eigenvalue weighted by Crippen LogP contribution is -2.31. The van der Waals surface area contributed by atoms with Crippen LogP contribution < -0.4 is 5.73 Å². The molecule has 1 aromatic carbocycles. The van der Waals surface area contributed by atoms with Crippen molar-refractivity contribution < 1.29 is 9.18 Å². The number of rotatable bonds is 4. The van der Waals surface area contributed by atoms with Crippen LogP contribution in [-0.4, -0.2) is 11.8 Å². The lowest BCUT2D eigenvalue weighted by Gasteiger charge is -2.12. The van der Waals surface area contributed by atoms with Crippen molar-refractivity contribution in [2.45, 2.75) is 26.3 Å². The molecule has 1 atom stereocenters. The van der Waals surface area contributed by atoms with Gasteiger partial charge >= 0.3 is 0 Å². The molecule has 0 aliphatic carbocycles. The molecule has 0 heterocycles. The molecular formula is C13H16FNO. The van der Waals surface area contributed by atoms with Gasteiger partial charge in [-0.2, -0.15) is 0 Å². The predicted octanol–water partition coefficient (Wildman–Crippen LogP) is 2.53. The van der Waals surface area contributed by atoms with E-state index in [1.165, 1.54) is 6.07 Å². The van der Waals surface area contributed by atoms with E-state index in [1.807, 2.05) is 0 Å². The second kappa shape index (κ2) is 5.03. The third kappa shape index (κ3) is 2.55. The molecule has 0 saturated heterocycles. The van der Waals surface area contributed by atoms with Crippen LogP contribution in [0.3, 0.4) is 0 Å². The summed E-state index contributed by atoms with van der Waals surface area (Å²) >= 11 is 0. The van der Waals surface area contributed by atoms with E-state index in [1.54, 1.807) is 26.0 Å². The summed E-state index contributed by atoms with van der Waals surface area (Å²) in [6.07, 6.45) is 1.91. The summed E-state index contributed by atoms with van der Waals surface area (Å²) < 4.78 is 13.7. The van der Waals surface area contributed by atoms with E-state index in [2.05, 4.69) is 6.58 Å². The number of aryl methyl sites for hydroxylation is 2. The number of carbonyl (C=O) groups excluding carboxylic acids is 1. The molecule has 0 radical (unpaired) electrons. The molecule has 0 amide bonds. The molecule has 86 valence electrons. The Morgan fingerprint density at radius 3 is 2.69 bits per heavy atom. The molecule has 0 bridgehead atoms. The lowest BCUT2D eigenvalue weighted by molar-refractivity contribution is 0.0957. The van der Waals surface area contributed by atoms with Gasteiger partial charge in [-0.1, -0.05) is 12.1 Å². The molecule has 1 aromatic rings. The minimum absolute atomic E-state index is 0.0972. The van der Waals surface area contributed by atoms with Crippen LogP contribution in [0.5, 0.6) is 0 Å². The molecule has 2 nitrogen and oxygen atoms in total. The maximum absolute atomic E-state index is 13.7. The lowest BCUT2D eigenvalue weighted by atomic mass is 9.96. The van der Waals surface area contributed by atoms with Crippen LogP contribution in [0.25, 0.3) is 0 Å². The summed E-state index contributed by atoms with van der Waals surface area (Å²) in [5, 5.41) is 0. The second-order valence-electron chi connectivity index (χ2n) is 3.93. The van der Waals surface area contributed by atoms with Crippen molar-refractivity contribution in [2.24, 2.45) is 5.73 Å². The summed E-state index contributed by atoms with van der Waals surface area (Å²) in [6, 6.07) is 2.41. The molecule has 3 heteroatoms. The van der Waals surface area contributed by atoms with Crippen molar-refractivity contribution in [1.29, 1.82) is 0 Å². The van der Waals surface area contributed by atoms with Crippen LogP contribution in [-0.2, 0) is 0 Å². The molecule has 0 spiro atoms. The van der Waals surface area contributed by atoms with E-state index < -0.39 is 11.9 Å². The van der Waals surface area contributed by atoms with E-state index >= 15 is 0 Å². The van der Waals surface area contributed by atoms with E-state index in [-0.39, 0.29) is 11.3 Å². The van der Waals surface area contributed by atoms with Crippen molar-refractivity contribution in [3.05, 3.63) is 47.3 Å². The molecule has 2 N–H and O–H groups in total. The molecule has 1 unspecified atom stereocenters. The van der Waals surface area contributed by atoms with Gasteiger partial charge in [-0.15, -0.1) is 6.58 Å². The van der Waals surface area contributed by atoms with Gasteiger partial charge in [-0.05, 0) is 37.5 Å². The van der Waals surface area contributed by atoms with Gasteiger partial charge in [0.15, 0.2) is 5.78 Å². The predicted molar refractivity (Wildman–Crippen MR) is 63.0 cm³/mol. The number of hydrogen-bond donors (Lipinski definition) is 1. The molecule has 1 rings (SSSR count). The Kier molecular flexibility index (Phi) is 3.96. The SMILES string of the molecule is C=CCC(N)C(=O)c1c(C)cc(C)cc1F. The maximum atomic E-state index is 13.7. The van der Waals surface area contributed by atoms with E-state index in [0.29, 0.717) is 12.0 Å². The zero-order chi connectivity index (χ0) is 12.3. The normalized spacial score (nSPS) is 12.2. The van der Waals surface area contributed by atoms with Gasteiger partial charge in [0.05, 0.1) is 11.6 Å². The Morgan fingerprint density at radius 1 is 1.56 bits per heavy atom. The van der Waals surface area contributed by atoms with Gasteiger partial charge in [0.25, 0.3) is 0 Å². The van der Waals surface area contributed by atoms with Crippen molar-refractivity contribution in [3.63, 3.8) is 0 Å². The highest BCUT2D eigenvalue weighted by Gasteiger charge is 2.20. The Balaban J connectivity index is 3.13. The number of nitrogens with two attached hydrogens (primary N) is 1. The third-order valence-electron chi connectivity index (χ3n) is 2.44. The smallest absolute Gasteiger partial charge is 0.183 e. The largest absolute Gasteiger partial charge is 0.321 e. The summed E-state index contributed by atoms with van der Waals surface area (Å²) in [7, 11) is 0. The molecule has 0 fully saturated rings. The number of ketones is 1. The zero-order valence-corrected chi connectivity index (χ0v) is 9.59. The van der Waals surface area contributed by atoms with Crippen molar-refractivity contribution in [2.75, 3.05) is 0 Å². The van der Waals surface area contributed by atoms with Gasteiger partial charge in [0.1, 0.15) is 5.82 Å². The third-order valence-corrected chi connectivity index (χ3v) is 2.44. The van der Waals surface area contributed by atoms with Gasteiger partial charge in [0, 0.05) is 0 Å². The molecule has 0 saturated carbocycles.